The van der Waals surface area contributed by atoms with Crippen LogP contribution >= 0.6 is 0 Å². The van der Waals surface area contributed by atoms with Crippen molar-refractivity contribution in [3.8, 4) is 5.75 Å². The van der Waals surface area contributed by atoms with E-state index in [0.717, 1.165) is 22.6 Å². The van der Waals surface area contributed by atoms with Crippen molar-refractivity contribution in [3.63, 3.8) is 0 Å². The normalized spacial score (nSPS) is 17.6. The first kappa shape index (κ1) is 14.3. The maximum absolute atomic E-state index is 13.0. The molecule has 1 heterocycles. The van der Waals surface area contributed by atoms with Gasteiger partial charge >= 0.3 is 0 Å². The van der Waals surface area contributed by atoms with Crippen LogP contribution in [0.25, 0.3) is 0 Å². The Morgan fingerprint density at radius 3 is 2.73 bits per heavy atom. The number of rotatable bonds is 3. The largest absolute Gasteiger partial charge is 0.497 e. The number of hydrogen-bond donors (Lipinski definition) is 1. The lowest BCUT2D eigenvalue weighted by Gasteiger charge is -2.22. The number of ether oxygens (including phenoxy) is 1. The SMILES string of the molecule is COc1cccc(C2=NNC(=O)[C@H](c3ccc(F)cc3)C2)c1. The second-order valence-electron chi connectivity index (χ2n) is 5.07. The third kappa shape index (κ3) is 2.83. The van der Waals surface area contributed by atoms with Crippen LogP contribution in [-0.2, 0) is 4.79 Å². The van der Waals surface area contributed by atoms with Crippen LogP contribution < -0.4 is 10.2 Å². The van der Waals surface area contributed by atoms with Gasteiger partial charge in [0.2, 0.25) is 5.91 Å². The van der Waals surface area contributed by atoms with Gasteiger partial charge in [0.05, 0.1) is 18.7 Å². The van der Waals surface area contributed by atoms with E-state index >= 15 is 0 Å². The van der Waals surface area contributed by atoms with Gasteiger partial charge in [0, 0.05) is 12.0 Å². The summed E-state index contributed by atoms with van der Waals surface area (Å²) in [6, 6.07) is 13.5. The molecular weight excluding hydrogens is 283 g/mol. The Balaban J connectivity index is 1.89. The zero-order chi connectivity index (χ0) is 15.5. The molecule has 0 radical (unpaired) electrons. The molecule has 0 aromatic heterocycles. The van der Waals surface area contributed by atoms with Crippen LogP contribution in [0.3, 0.4) is 0 Å². The van der Waals surface area contributed by atoms with E-state index in [9.17, 15) is 9.18 Å². The minimum Gasteiger partial charge on any atom is -0.497 e. The number of hydrogen-bond acceptors (Lipinski definition) is 3. The number of benzene rings is 2. The molecule has 2 aromatic rings. The predicted molar refractivity (Wildman–Crippen MR) is 81.4 cm³/mol. The zero-order valence-electron chi connectivity index (χ0n) is 12.0. The molecule has 1 N–H and O–H groups in total. The summed E-state index contributed by atoms with van der Waals surface area (Å²) >= 11 is 0. The number of nitrogens with one attached hydrogen (secondary N) is 1. The predicted octanol–water partition coefficient (Wildman–Crippen LogP) is 2.84. The van der Waals surface area contributed by atoms with Gasteiger partial charge in [0.1, 0.15) is 11.6 Å². The Hall–Kier alpha value is -2.69. The van der Waals surface area contributed by atoms with E-state index in [0.29, 0.717) is 6.42 Å². The quantitative estimate of drug-likeness (QED) is 0.947. The van der Waals surface area contributed by atoms with E-state index < -0.39 is 0 Å². The van der Waals surface area contributed by atoms with Gasteiger partial charge in [-0.05, 0) is 29.8 Å². The Labute approximate surface area is 127 Å². The van der Waals surface area contributed by atoms with E-state index in [2.05, 4.69) is 10.5 Å². The van der Waals surface area contributed by atoms with Crippen LogP contribution in [-0.4, -0.2) is 18.7 Å². The molecule has 2 aromatic carbocycles. The minimum absolute atomic E-state index is 0.182. The lowest BCUT2D eigenvalue weighted by Crippen LogP contribution is -2.33. The highest BCUT2D eigenvalue weighted by Gasteiger charge is 2.27. The highest BCUT2D eigenvalue weighted by atomic mass is 19.1. The van der Waals surface area contributed by atoms with Gasteiger partial charge in [-0.3, -0.25) is 4.79 Å². The third-order valence-corrected chi connectivity index (χ3v) is 3.69. The summed E-state index contributed by atoms with van der Waals surface area (Å²) in [6.07, 6.45) is 0.463. The molecular formula is C17H15FN2O2. The molecule has 3 rings (SSSR count). The molecule has 1 aliphatic heterocycles. The first-order chi connectivity index (χ1) is 10.7. The average Bonchev–Trinajstić information content (AvgIpc) is 2.56. The lowest BCUT2D eigenvalue weighted by molar-refractivity contribution is -0.122. The van der Waals surface area contributed by atoms with Gasteiger partial charge in [-0.25, -0.2) is 9.82 Å². The Morgan fingerprint density at radius 1 is 1.23 bits per heavy atom. The van der Waals surface area contributed by atoms with Crippen LogP contribution in [0.5, 0.6) is 5.75 Å². The summed E-state index contributed by atoms with van der Waals surface area (Å²) in [5.74, 6) is -0.144. The molecule has 0 spiro atoms. The minimum atomic E-state index is -0.376. The van der Waals surface area contributed by atoms with Crippen LogP contribution in [0.2, 0.25) is 0 Å². The van der Waals surface area contributed by atoms with Crippen LogP contribution in [0.1, 0.15) is 23.5 Å². The van der Waals surface area contributed by atoms with E-state index in [4.69, 9.17) is 4.74 Å². The van der Waals surface area contributed by atoms with Crippen molar-refractivity contribution < 1.29 is 13.9 Å². The van der Waals surface area contributed by atoms with Crippen molar-refractivity contribution in [2.75, 3.05) is 7.11 Å². The van der Waals surface area contributed by atoms with Gasteiger partial charge in [0.15, 0.2) is 0 Å². The molecule has 112 valence electrons. The zero-order valence-corrected chi connectivity index (χ0v) is 12.0. The smallest absolute Gasteiger partial charge is 0.248 e. The monoisotopic (exact) mass is 298 g/mol. The molecule has 0 saturated carbocycles. The highest BCUT2D eigenvalue weighted by Crippen LogP contribution is 2.26. The summed E-state index contributed by atoms with van der Waals surface area (Å²) < 4.78 is 18.2. The first-order valence-electron chi connectivity index (χ1n) is 6.93. The fourth-order valence-electron chi connectivity index (χ4n) is 2.48. The van der Waals surface area contributed by atoms with Gasteiger partial charge in [-0.15, -0.1) is 0 Å². The topological polar surface area (TPSA) is 50.7 Å². The number of nitrogens with zero attached hydrogens (tertiary/aromatic N) is 1. The number of hydrazone groups is 1. The van der Waals surface area contributed by atoms with Gasteiger partial charge in [-0.2, -0.15) is 5.10 Å². The fraction of sp³-hybridized carbons (Fsp3) is 0.176. The van der Waals surface area contributed by atoms with Crippen molar-refractivity contribution >= 4 is 11.6 Å². The molecule has 1 atom stereocenters. The van der Waals surface area contributed by atoms with Crippen molar-refractivity contribution in [2.45, 2.75) is 12.3 Å². The Morgan fingerprint density at radius 2 is 2.00 bits per heavy atom. The van der Waals surface area contributed by atoms with Crippen molar-refractivity contribution in [1.82, 2.24) is 5.43 Å². The molecule has 5 heteroatoms. The van der Waals surface area contributed by atoms with Crippen molar-refractivity contribution in [1.29, 1.82) is 0 Å². The molecule has 1 amide bonds. The van der Waals surface area contributed by atoms with Gasteiger partial charge < -0.3 is 4.74 Å². The second-order valence-corrected chi connectivity index (χ2v) is 5.07. The molecule has 0 aliphatic carbocycles. The maximum Gasteiger partial charge on any atom is 0.248 e. The van der Waals surface area contributed by atoms with Crippen LogP contribution in [0, 0.1) is 5.82 Å². The third-order valence-electron chi connectivity index (χ3n) is 3.69. The summed E-state index contributed by atoms with van der Waals surface area (Å²) in [7, 11) is 1.60. The molecule has 0 unspecified atom stereocenters. The molecule has 22 heavy (non-hydrogen) atoms. The number of methoxy groups -OCH3 is 1. The summed E-state index contributed by atoms with van der Waals surface area (Å²) in [4.78, 5) is 12.0. The number of halogens is 1. The van der Waals surface area contributed by atoms with E-state index in [-0.39, 0.29) is 17.6 Å². The van der Waals surface area contributed by atoms with Gasteiger partial charge in [0.25, 0.3) is 0 Å². The van der Waals surface area contributed by atoms with E-state index in [1.54, 1.807) is 19.2 Å². The van der Waals surface area contributed by atoms with Crippen LogP contribution in [0.15, 0.2) is 53.6 Å². The average molecular weight is 298 g/mol. The highest BCUT2D eigenvalue weighted by molar-refractivity contribution is 6.06. The molecule has 4 nitrogen and oxygen atoms in total. The van der Waals surface area contributed by atoms with Crippen molar-refractivity contribution in [3.05, 3.63) is 65.5 Å². The standard InChI is InChI=1S/C17H15FN2O2/c1-22-14-4-2-3-12(9-14)16-10-15(17(21)20-19-16)11-5-7-13(18)8-6-11/h2-9,15H,10H2,1H3,(H,20,21)/t15-/m0/s1. The summed E-state index contributed by atoms with van der Waals surface area (Å²) in [5, 5.41) is 4.14. The maximum atomic E-state index is 13.0. The number of carbonyl (C=O) groups is 1. The summed E-state index contributed by atoms with van der Waals surface area (Å²) in [5.41, 5.74) is 4.98. The molecule has 0 saturated heterocycles. The molecule has 0 fully saturated rings. The second kappa shape index (κ2) is 5.97. The van der Waals surface area contributed by atoms with E-state index in [1.165, 1.54) is 12.1 Å². The van der Waals surface area contributed by atoms with Gasteiger partial charge in [-0.1, -0.05) is 24.3 Å². The summed E-state index contributed by atoms with van der Waals surface area (Å²) in [6.45, 7) is 0. The van der Waals surface area contributed by atoms with Crippen molar-refractivity contribution in [2.24, 2.45) is 5.10 Å². The lowest BCUT2D eigenvalue weighted by atomic mass is 9.89. The number of carbonyl (C=O) groups excluding carboxylic acids is 1. The fourth-order valence-corrected chi connectivity index (χ4v) is 2.48. The molecule has 1 aliphatic rings. The van der Waals surface area contributed by atoms with E-state index in [1.807, 2.05) is 24.3 Å². The van der Waals surface area contributed by atoms with Crippen LogP contribution in [0.4, 0.5) is 4.39 Å². The first-order valence-corrected chi connectivity index (χ1v) is 6.93. The Bertz CT molecular complexity index is 726. The Kier molecular flexibility index (Phi) is 3.87. The molecule has 0 bridgehead atoms. The number of amides is 1.